The van der Waals surface area contributed by atoms with E-state index in [-0.39, 0.29) is 11.5 Å². The third kappa shape index (κ3) is 3.68. The van der Waals surface area contributed by atoms with Gasteiger partial charge in [-0.15, -0.1) is 0 Å². The number of hydrogen-bond donors (Lipinski definition) is 0. The predicted molar refractivity (Wildman–Crippen MR) is 64.6 cm³/mol. The summed E-state index contributed by atoms with van der Waals surface area (Å²) in [5, 5.41) is 10.7. The Morgan fingerprint density at radius 3 is 2.14 bits per heavy atom. The summed E-state index contributed by atoms with van der Waals surface area (Å²) < 4.78 is 55.8. The molecule has 4 nitrogen and oxygen atoms in total. The highest BCUT2D eigenvalue weighted by molar-refractivity contribution is 5.45. The number of nitrogens with zero attached hydrogens (tertiary/aromatic N) is 1. The Labute approximate surface area is 115 Å². The zero-order chi connectivity index (χ0) is 15.6. The number of nitro benzene ring substituents is 1. The first-order valence-corrected chi connectivity index (χ1v) is 5.56. The van der Waals surface area contributed by atoms with Crippen LogP contribution in [0.3, 0.4) is 0 Å². The summed E-state index contributed by atoms with van der Waals surface area (Å²) in [5.74, 6) is -0.842. The Morgan fingerprint density at radius 2 is 1.62 bits per heavy atom. The van der Waals surface area contributed by atoms with Gasteiger partial charge in [-0.2, -0.15) is 13.2 Å². The lowest BCUT2D eigenvalue weighted by Gasteiger charge is -2.10. The topological polar surface area (TPSA) is 52.4 Å². The molecule has 21 heavy (non-hydrogen) atoms. The molecule has 0 spiro atoms. The summed E-state index contributed by atoms with van der Waals surface area (Å²) in [7, 11) is 0. The van der Waals surface area contributed by atoms with Gasteiger partial charge in [0.2, 0.25) is 0 Å². The van der Waals surface area contributed by atoms with Crippen LogP contribution in [-0.2, 0) is 6.18 Å². The maximum Gasteiger partial charge on any atom is 0.416 e. The number of halogens is 4. The van der Waals surface area contributed by atoms with Crippen molar-refractivity contribution in [3.8, 4) is 11.5 Å². The van der Waals surface area contributed by atoms with Crippen LogP contribution in [0.1, 0.15) is 5.56 Å². The van der Waals surface area contributed by atoms with Crippen molar-refractivity contribution in [1.82, 2.24) is 0 Å². The highest BCUT2D eigenvalue weighted by Crippen LogP contribution is 2.36. The Bertz CT molecular complexity index is 668. The maximum atomic E-state index is 12.7. The summed E-state index contributed by atoms with van der Waals surface area (Å²) in [6.07, 6.45) is -4.74. The first kappa shape index (κ1) is 14.8. The molecule has 110 valence electrons. The minimum absolute atomic E-state index is 0.0602. The van der Waals surface area contributed by atoms with Gasteiger partial charge < -0.3 is 4.74 Å². The van der Waals surface area contributed by atoms with Gasteiger partial charge in [-0.3, -0.25) is 10.1 Å². The Kier molecular flexibility index (Phi) is 3.79. The fraction of sp³-hybridized carbons (Fsp3) is 0.0769. The van der Waals surface area contributed by atoms with Crippen molar-refractivity contribution >= 4 is 5.69 Å². The van der Waals surface area contributed by atoms with Gasteiger partial charge in [0, 0.05) is 6.07 Å². The van der Waals surface area contributed by atoms with Gasteiger partial charge in [-0.05, 0) is 30.3 Å². The second-order valence-corrected chi connectivity index (χ2v) is 4.03. The van der Waals surface area contributed by atoms with Gasteiger partial charge in [0.05, 0.1) is 16.6 Å². The molecule has 8 heteroatoms. The predicted octanol–water partition coefficient (Wildman–Crippen LogP) is 4.55. The fourth-order valence-corrected chi connectivity index (χ4v) is 1.55. The molecular weight excluding hydrogens is 294 g/mol. The van der Waals surface area contributed by atoms with Crippen LogP contribution in [0.15, 0.2) is 42.5 Å². The number of non-ortho nitro benzene ring substituents is 1. The van der Waals surface area contributed by atoms with E-state index in [1.165, 1.54) is 12.1 Å². The van der Waals surface area contributed by atoms with E-state index in [9.17, 15) is 27.7 Å². The van der Waals surface area contributed by atoms with Gasteiger partial charge in [0.1, 0.15) is 17.3 Å². The summed E-state index contributed by atoms with van der Waals surface area (Å²) in [6.45, 7) is 0. The third-order valence-electron chi connectivity index (χ3n) is 2.48. The number of ether oxygens (including phenoxy) is 1. The van der Waals surface area contributed by atoms with E-state index in [1.54, 1.807) is 0 Å². The van der Waals surface area contributed by atoms with Crippen LogP contribution in [0.2, 0.25) is 0 Å². The van der Waals surface area contributed by atoms with E-state index in [4.69, 9.17) is 4.74 Å². The molecule has 0 heterocycles. The Hall–Kier alpha value is -2.64. The van der Waals surface area contributed by atoms with Crippen LogP contribution in [0.4, 0.5) is 23.2 Å². The molecule has 0 unspecified atom stereocenters. The average molecular weight is 301 g/mol. The van der Waals surface area contributed by atoms with E-state index >= 15 is 0 Å². The second kappa shape index (κ2) is 5.39. The zero-order valence-corrected chi connectivity index (χ0v) is 10.2. The van der Waals surface area contributed by atoms with Crippen molar-refractivity contribution in [1.29, 1.82) is 0 Å². The Morgan fingerprint density at radius 1 is 1.00 bits per heavy atom. The second-order valence-electron chi connectivity index (χ2n) is 4.03. The molecule has 0 aliphatic heterocycles. The van der Waals surface area contributed by atoms with Crippen molar-refractivity contribution in [2.75, 3.05) is 0 Å². The van der Waals surface area contributed by atoms with Gasteiger partial charge in [-0.1, -0.05) is 0 Å². The summed E-state index contributed by atoms with van der Waals surface area (Å²) in [4.78, 5) is 9.71. The summed E-state index contributed by atoms with van der Waals surface area (Å²) in [5.41, 5.74) is -1.95. The molecule has 0 aromatic heterocycles. The number of hydrogen-bond acceptors (Lipinski definition) is 3. The molecule has 2 aromatic rings. The SMILES string of the molecule is O=[N+]([O-])c1cc(Oc2ccc(F)cc2)cc(C(F)(F)F)c1. The first-order chi connectivity index (χ1) is 9.75. The lowest BCUT2D eigenvalue weighted by molar-refractivity contribution is -0.385. The summed E-state index contributed by atoms with van der Waals surface area (Å²) >= 11 is 0. The van der Waals surface area contributed by atoms with E-state index in [0.29, 0.717) is 12.1 Å². The number of benzene rings is 2. The standard InChI is InChI=1S/C13H7F4NO3/c14-9-1-3-11(4-2-9)21-12-6-8(13(15,16)17)5-10(7-12)18(19)20/h1-7H. The molecule has 0 bridgehead atoms. The van der Waals surface area contributed by atoms with Crippen LogP contribution in [0, 0.1) is 15.9 Å². The minimum atomic E-state index is -4.74. The Balaban J connectivity index is 2.40. The van der Waals surface area contributed by atoms with E-state index in [0.717, 1.165) is 18.2 Å². The molecule has 2 rings (SSSR count). The fourth-order valence-electron chi connectivity index (χ4n) is 1.55. The van der Waals surface area contributed by atoms with Crippen molar-refractivity contribution in [2.45, 2.75) is 6.18 Å². The molecule has 0 aliphatic carbocycles. The molecule has 0 saturated heterocycles. The number of nitro groups is 1. The smallest absolute Gasteiger partial charge is 0.416 e. The third-order valence-corrected chi connectivity index (χ3v) is 2.48. The van der Waals surface area contributed by atoms with Crippen molar-refractivity contribution < 1.29 is 27.2 Å². The highest BCUT2D eigenvalue weighted by atomic mass is 19.4. The molecule has 0 aliphatic rings. The van der Waals surface area contributed by atoms with Crippen LogP contribution in [0.25, 0.3) is 0 Å². The van der Waals surface area contributed by atoms with Crippen molar-refractivity contribution in [3.05, 3.63) is 64.0 Å². The van der Waals surface area contributed by atoms with Crippen LogP contribution >= 0.6 is 0 Å². The molecule has 0 amide bonds. The van der Waals surface area contributed by atoms with E-state index in [1.807, 2.05) is 0 Å². The largest absolute Gasteiger partial charge is 0.457 e. The number of rotatable bonds is 3. The molecule has 0 fully saturated rings. The van der Waals surface area contributed by atoms with Gasteiger partial charge in [0.15, 0.2) is 0 Å². The van der Waals surface area contributed by atoms with Crippen molar-refractivity contribution in [2.24, 2.45) is 0 Å². The monoisotopic (exact) mass is 301 g/mol. The molecule has 0 radical (unpaired) electrons. The maximum absolute atomic E-state index is 12.7. The van der Waals surface area contributed by atoms with Gasteiger partial charge in [0.25, 0.3) is 5.69 Å². The van der Waals surface area contributed by atoms with Crippen LogP contribution in [-0.4, -0.2) is 4.92 Å². The first-order valence-electron chi connectivity index (χ1n) is 5.56. The van der Waals surface area contributed by atoms with Gasteiger partial charge >= 0.3 is 6.18 Å². The van der Waals surface area contributed by atoms with Gasteiger partial charge in [-0.25, -0.2) is 4.39 Å². The zero-order valence-electron chi connectivity index (χ0n) is 10.2. The lowest BCUT2D eigenvalue weighted by Crippen LogP contribution is -2.06. The summed E-state index contributed by atoms with van der Waals surface area (Å²) in [6, 6.07) is 6.41. The molecule has 2 aromatic carbocycles. The van der Waals surface area contributed by atoms with Crippen molar-refractivity contribution in [3.63, 3.8) is 0 Å². The lowest BCUT2D eigenvalue weighted by atomic mass is 10.2. The quantitative estimate of drug-likeness (QED) is 0.475. The number of alkyl halides is 3. The highest BCUT2D eigenvalue weighted by Gasteiger charge is 2.33. The average Bonchev–Trinajstić information content (AvgIpc) is 2.40. The van der Waals surface area contributed by atoms with Crippen LogP contribution in [0.5, 0.6) is 11.5 Å². The van der Waals surface area contributed by atoms with Crippen LogP contribution < -0.4 is 4.74 Å². The van der Waals surface area contributed by atoms with E-state index < -0.39 is 28.2 Å². The minimum Gasteiger partial charge on any atom is -0.457 e. The van der Waals surface area contributed by atoms with E-state index in [2.05, 4.69) is 0 Å². The molecular formula is C13H7F4NO3. The normalized spacial score (nSPS) is 11.2. The molecule has 0 N–H and O–H groups in total. The molecule has 0 atom stereocenters. The molecule has 0 saturated carbocycles.